The molecule has 0 amide bonds. The largest absolute Gasteiger partial charge is 0.348 e. The summed E-state index contributed by atoms with van der Waals surface area (Å²) in [6, 6.07) is 11.9. The third-order valence-corrected chi connectivity index (χ3v) is 4.10. The average molecular weight is 285 g/mol. The maximum Gasteiger partial charge on any atom is 0.0921 e. The standard InChI is InChI=1S/C18H27N3/c1-14(2)21(15(3)4)11-10-17(18-12-19-13-20-18)16-8-6-5-7-9-16/h5-9,12-15,17H,10-11H2,1-4H3,(H,19,20). The molecule has 1 unspecified atom stereocenters. The lowest BCUT2D eigenvalue weighted by Gasteiger charge is -2.32. The second-order valence-corrected chi connectivity index (χ2v) is 6.18. The van der Waals surface area contributed by atoms with Crippen LogP contribution in [-0.4, -0.2) is 33.5 Å². The van der Waals surface area contributed by atoms with Gasteiger partial charge in [-0.1, -0.05) is 30.3 Å². The maximum atomic E-state index is 4.20. The van der Waals surface area contributed by atoms with Crippen LogP contribution in [0.4, 0.5) is 0 Å². The third kappa shape index (κ3) is 4.18. The van der Waals surface area contributed by atoms with Crippen LogP contribution < -0.4 is 0 Å². The van der Waals surface area contributed by atoms with Gasteiger partial charge in [0.2, 0.25) is 0 Å². The fourth-order valence-corrected chi connectivity index (χ4v) is 3.04. The molecule has 1 aromatic carbocycles. The van der Waals surface area contributed by atoms with Crippen molar-refractivity contribution in [3.63, 3.8) is 0 Å². The van der Waals surface area contributed by atoms with Crippen molar-refractivity contribution in [1.82, 2.24) is 14.9 Å². The van der Waals surface area contributed by atoms with Gasteiger partial charge < -0.3 is 4.98 Å². The molecule has 3 heteroatoms. The summed E-state index contributed by atoms with van der Waals surface area (Å²) < 4.78 is 0. The van der Waals surface area contributed by atoms with E-state index in [0.717, 1.165) is 13.0 Å². The molecule has 1 heterocycles. The van der Waals surface area contributed by atoms with Crippen molar-refractivity contribution in [1.29, 1.82) is 0 Å². The molecule has 114 valence electrons. The summed E-state index contributed by atoms with van der Waals surface area (Å²) in [6.45, 7) is 10.2. The van der Waals surface area contributed by atoms with E-state index in [-0.39, 0.29) is 0 Å². The first-order valence-electron chi connectivity index (χ1n) is 7.88. The zero-order valence-electron chi connectivity index (χ0n) is 13.6. The molecule has 0 aliphatic carbocycles. The van der Waals surface area contributed by atoms with Crippen molar-refractivity contribution in [2.45, 2.75) is 52.1 Å². The quantitative estimate of drug-likeness (QED) is 0.832. The van der Waals surface area contributed by atoms with Crippen molar-refractivity contribution >= 4 is 0 Å². The minimum absolute atomic E-state index is 0.383. The Kier molecular flexibility index (Phi) is 5.57. The highest BCUT2D eigenvalue weighted by atomic mass is 15.2. The molecule has 0 saturated carbocycles. The molecular formula is C18H27N3. The van der Waals surface area contributed by atoms with Crippen LogP contribution in [0.5, 0.6) is 0 Å². The molecule has 0 fully saturated rings. The second-order valence-electron chi connectivity index (χ2n) is 6.18. The predicted octanol–water partition coefficient (Wildman–Crippen LogP) is 4.05. The number of hydrogen-bond donors (Lipinski definition) is 1. The SMILES string of the molecule is CC(C)N(CCC(c1ccccc1)c1cnc[nH]1)C(C)C. The molecule has 0 aliphatic rings. The number of H-pyrrole nitrogens is 1. The smallest absolute Gasteiger partial charge is 0.0921 e. The van der Waals surface area contributed by atoms with Crippen molar-refractivity contribution in [2.24, 2.45) is 0 Å². The number of benzene rings is 1. The van der Waals surface area contributed by atoms with E-state index in [9.17, 15) is 0 Å². The van der Waals surface area contributed by atoms with Gasteiger partial charge in [0.05, 0.1) is 6.33 Å². The summed E-state index contributed by atoms with van der Waals surface area (Å²) >= 11 is 0. The normalized spacial score (nSPS) is 13.3. The van der Waals surface area contributed by atoms with E-state index < -0.39 is 0 Å². The Hall–Kier alpha value is -1.61. The Balaban J connectivity index is 2.14. The van der Waals surface area contributed by atoms with Gasteiger partial charge in [-0.05, 0) is 46.2 Å². The average Bonchev–Trinajstić information content (AvgIpc) is 2.97. The fraction of sp³-hybridized carbons (Fsp3) is 0.500. The van der Waals surface area contributed by atoms with Gasteiger partial charge in [0.15, 0.2) is 0 Å². The monoisotopic (exact) mass is 285 g/mol. The predicted molar refractivity (Wildman–Crippen MR) is 88.5 cm³/mol. The van der Waals surface area contributed by atoms with Gasteiger partial charge >= 0.3 is 0 Å². The molecule has 3 nitrogen and oxygen atoms in total. The van der Waals surface area contributed by atoms with Crippen molar-refractivity contribution < 1.29 is 0 Å². The number of imidazole rings is 1. The van der Waals surface area contributed by atoms with E-state index in [1.54, 1.807) is 6.33 Å². The molecular weight excluding hydrogens is 258 g/mol. The molecule has 0 saturated heterocycles. The number of aromatic amines is 1. The minimum atomic E-state index is 0.383. The molecule has 2 aromatic rings. The topological polar surface area (TPSA) is 31.9 Å². The van der Waals surface area contributed by atoms with Gasteiger partial charge in [-0.3, -0.25) is 4.90 Å². The number of aromatic nitrogens is 2. The Labute approximate surface area is 128 Å². The van der Waals surface area contributed by atoms with Crippen LogP contribution in [0.25, 0.3) is 0 Å². The second kappa shape index (κ2) is 7.41. The first-order valence-corrected chi connectivity index (χ1v) is 7.88. The van der Waals surface area contributed by atoms with E-state index >= 15 is 0 Å². The zero-order valence-corrected chi connectivity index (χ0v) is 13.6. The summed E-state index contributed by atoms with van der Waals surface area (Å²) in [7, 11) is 0. The molecule has 0 spiro atoms. The number of hydrogen-bond acceptors (Lipinski definition) is 2. The van der Waals surface area contributed by atoms with Crippen LogP contribution in [-0.2, 0) is 0 Å². The first-order chi connectivity index (χ1) is 10.1. The third-order valence-electron chi connectivity index (χ3n) is 4.10. The van der Waals surface area contributed by atoms with Crippen LogP contribution in [0.1, 0.15) is 51.3 Å². The van der Waals surface area contributed by atoms with Crippen LogP contribution in [0.2, 0.25) is 0 Å². The molecule has 1 atom stereocenters. The highest BCUT2D eigenvalue weighted by Gasteiger charge is 2.19. The summed E-state index contributed by atoms with van der Waals surface area (Å²) in [6.07, 6.45) is 4.82. The van der Waals surface area contributed by atoms with Crippen LogP contribution in [0.15, 0.2) is 42.9 Å². The van der Waals surface area contributed by atoms with E-state index in [0.29, 0.717) is 18.0 Å². The van der Waals surface area contributed by atoms with Crippen molar-refractivity contribution in [3.8, 4) is 0 Å². The zero-order chi connectivity index (χ0) is 15.2. The Morgan fingerprint density at radius 2 is 1.71 bits per heavy atom. The highest BCUT2D eigenvalue weighted by molar-refractivity contribution is 5.27. The minimum Gasteiger partial charge on any atom is -0.348 e. The van der Waals surface area contributed by atoms with Crippen LogP contribution >= 0.6 is 0 Å². The van der Waals surface area contributed by atoms with E-state index in [1.165, 1.54) is 11.3 Å². The van der Waals surface area contributed by atoms with Crippen molar-refractivity contribution in [2.75, 3.05) is 6.54 Å². The first kappa shape index (κ1) is 15.8. The van der Waals surface area contributed by atoms with Gasteiger partial charge in [0, 0.05) is 29.9 Å². The summed E-state index contributed by atoms with van der Waals surface area (Å²) in [4.78, 5) is 10.0. The van der Waals surface area contributed by atoms with Gasteiger partial charge in [-0.15, -0.1) is 0 Å². The molecule has 0 aliphatic heterocycles. The van der Waals surface area contributed by atoms with Gasteiger partial charge in [-0.2, -0.15) is 0 Å². The van der Waals surface area contributed by atoms with E-state index in [4.69, 9.17) is 0 Å². The fourth-order valence-electron chi connectivity index (χ4n) is 3.04. The van der Waals surface area contributed by atoms with Gasteiger partial charge in [0.25, 0.3) is 0 Å². The number of nitrogens with zero attached hydrogens (tertiary/aromatic N) is 2. The Bertz CT molecular complexity index is 495. The highest BCUT2D eigenvalue weighted by Crippen LogP contribution is 2.27. The molecule has 1 aromatic heterocycles. The van der Waals surface area contributed by atoms with E-state index in [2.05, 4.69) is 72.9 Å². The Morgan fingerprint density at radius 1 is 1.05 bits per heavy atom. The lowest BCUT2D eigenvalue weighted by Crippen LogP contribution is -2.38. The lowest BCUT2D eigenvalue weighted by atomic mass is 9.92. The molecule has 2 rings (SSSR count). The molecule has 0 radical (unpaired) electrons. The lowest BCUT2D eigenvalue weighted by molar-refractivity contribution is 0.170. The van der Waals surface area contributed by atoms with E-state index in [1.807, 2.05) is 6.20 Å². The summed E-state index contributed by atoms with van der Waals surface area (Å²) in [5, 5.41) is 0. The summed E-state index contributed by atoms with van der Waals surface area (Å²) in [5.74, 6) is 0.383. The number of rotatable bonds is 7. The van der Waals surface area contributed by atoms with Gasteiger partial charge in [-0.25, -0.2) is 4.98 Å². The molecule has 21 heavy (non-hydrogen) atoms. The maximum absolute atomic E-state index is 4.20. The van der Waals surface area contributed by atoms with Gasteiger partial charge in [0.1, 0.15) is 0 Å². The molecule has 0 bridgehead atoms. The molecule has 1 N–H and O–H groups in total. The Morgan fingerprint density at radius 3 is 2.24 bits per heavy atom. The van der Waals surface area contributed by atoms with Crippen LogP contribution in [0, 0.1) is 0 Å². The van der Waals surface area contributed by atoms with Crippen LogP contribution in [0.3, 0.4) is 0 Å². The summed E-state index contributed by atoms with van der Waals surface area (Å²) in [5.41, 5.74) is 2.56. The number of nitrogens with one attached hydrogen (secondary N) is 1. The van der Waals surface area contributed by atoms with Crippen molar-refractivity contribution in [3.05, 3.63) is 54.1 Å².